The molecule has 0 unspecified atom stereocenters. The highest BCUT2D eigenvalue weighted by Crippen LogP contribution is 1.96. The summed E-state index contributed by atoms with van der Waals surface area (Å²) in [7, 11) is 3.87. The fourth-order valence-electron chi connectivity index (χ4n) is 1.38. The lowest BCUT2D eigenvalue weighted by molar-refractivity contribution is 0.0720. The lowest BCUT2D eigenvalue weighted by Gasteiger charge is -2.20. The lowest BCUT2D eigenvalue weighted by Crippen LogP contribution is -2.28. The van der Waals surface area contributed by atoms with Crippen molar-refractivity contribution in [3.63, 3.8) is 0 Å². The summed E-state index contributed by atoms with van der Waals surface area (Å²) < 4.78 is 10.2. The first-order valence-corrected chi connectivity index (χ1v) is 6.66. The van der Waals surface area contributed by atoms with Crippen LogP contribution < -0.4 is 5.32 Å². The summed E-state index contributed by atoms with van der Waals surface area (Å²) in [4.78, 5) is 2.38. The monoisotopic (exact) mass is 246 g/mol. The highest BCUT2D eigenvalue weighted by molar-refractivity contribution is 4.57. The molecule has 1 N–H and O–H groups in total. The fourth-order valence-corrected chi connectivity index (χ4v) is 1.38. The van der Waals surface area contributed by atoms with Crippen LogP contribution >= 0.6 is 0 Å². The van der Waals surface area contributed by atoms with E-state index in [9.17, 15) is 0 Å². The maximum absolute atomic E-state index is 5.35. The second-order valence-corrected chi connectivity index (χ2v) is 4.64. The molecular weight excluding hydrogens is 216 g/mol. The van der Waals surface area contributed by atoms with Gasteiger partial charge < -0.3 is 19.7 Å². The molecule has 0 fully saturated rings. The maximum Gasteiger partial charge on any atom is 0.0700 e. The van der Waals surface area contributed by atoms with E-state index in [-0.39, 0.29) is 0 Å². The van der Waals surface area contributed by atoms with Crippen LogP contribution in [0.4, 0.5) is 0 Å². The first kappa shape index (κ1) is 16.8. The molecular formula is C13H30N2O2. The minimum atomic E-state index is 0.650. The first-order chi connectivity index (χ1) is 8.18. The Morgan fingerprint density at radius 2 is 1.82 bits per heavy atom. The van der Waals surface area contributed by atoms with Crippen LogP contribution in [0.25, 0.3) is 0 Å². The SMILES string of the molecule is COCCOCCNCCCCN(C)C(C)C. The van der Waals surface area contributed by atoms with E-state index in [1.54, 1.807) is 7.11 Å². The standard InChI is InChI=1S/C13H30N2O2/c1-13(2)15(3)9-6-5-7-14-8-10-17-12-11-16-4/h13-14H,5-12H2,1-4H3. The number of nitrogens with zero attached hydrogens (tertiary/aromatic N) is 1. The first-order valence-electron chi connectivity index (χ1n) is 6.66. The number of ether oxygens (including phenoxy) is 2. The van der Waals surface area contributed by atoms with Crippen molar-refractivity contribution in [2.75, 3.05) is 53.6 Å². The van der Waals surface area contributed by atoms with Crippen molar-refractivity contribution in [3.05, 3.63) is 0 Å². The molecule has 0 saturated heterocycles. The summed E-state index contributed by atoms with van der Waals surface area (Å²) in [5.41, 5.74) is 0. The van der Waals surface area contributed by atoms with Crippen LogP contribution in [0.5, 0.6) is 0 Å². The lowest BCUT2D eigenvalue weighted by atomic mass is 10.2. The van der Waals surface area contributed by atoms with Gasteiger partial charge in [0.2, 0.25) is 0 Å². The van der Waals surface area contributed by atoms with Gasteiger partial charge in [0.1, 0.15) is 0 Å². The van der Waals surface area contributed by atoms with E-state index in [1.807, 2.05) is 0 Å². The molecule has 0 amide bonds. The van der Waals surface area contributed by atoms with Crippen molar-refractivity contribution in [1.29, 1.82) is 0 Å². The zero-order valence-electron chi connectivity index (χ0n) is 12.0. The van der Waals surface area contributed by atoms with Crippen LogP contribution in [-0.2, 0) is 9.47 Å². The molecule has 104 valence electrons. The number of rotatable bonds is 12. The van der Waals surface area contributed by atoms with Crippen LogP contribution in [0.1, 0.15) is 26.7 Å². The molecule has 0 rings (SSSR count). The van der Waals surface area contributed by atoms with Gasteiger partial charge in [0.25, 0.3) is 0 Å². The van der Waals surface area contributed by atoms with Gasteiger partial charge in [-0.1, -0.05) is 0 Å². The van der Waals surface area contributed by atoms with Crippen LogP contribution in [0.15, 0.2) is 0 Å². The third-order valence-electron chi connectivity index (χ3n) is 2.85. The highest BCUT2D eigenvalue weighted by atomic mass is 16.5. The second kappa shape index (κ2) is 12.3. The molecule has 0 radical (unpaired) electrons. The van der Waals surface area contributed by atoms with Crippen molar-refractivity contribution in [2.24, 2.45) is 0 Å². The molecule has 0 aliphatic rings. The minimum Gasteiger partial charge on any atom is -0.382 e. The summed E-state index contributed by atoms with van der Waals surface area (Å²) in [6.07, 6.45) is 2.49. The maximum atomic E-state index is 5.35. The Morgan fingerprint density at radius 3 is 2.47 bits per heavy atom. The molecule has 0 aromatic rings. The van der Waals surface area contributed by atoms with Crippen molar-refractivity contribution in [1.82, 2.24) is 10.2 Å². The van der Waals surface area contributed by atoms with Gasteiger partial charge in [0.15, 0.2) is 0 Å². The Balaban J connectivity index is 3.03. The molecule has 0 atom stereocenters. The number of methoxy groups -OCH3 is 1. The Morgan fingerprint density at radius 1 is 1.06 bits per heavy atom. The Labute approximate surface area is 107 Å². The quantitative estimate of drug-likeness (QED) is 0.527. The molecule has 0 aromatic carbocycles. The summed E-state index contributed by atoms with van der Waals surface area (Å²) in [5, 5.41) is 3.38. The molecule has 0 aliphatic carbocycles. The van der Waals surface area contributed by atoms with Gasteiger partial charge in [0, 0.05) is 19.7 Å². The number of hydrogen-bond acceptors (Lipinski definition) is 4. The third kappa shape index (κ3) is 12.1. The summed E-state index contributed by atoms with van der Waals surface area (Å²) in [5.74, 6) is 0. The van der Waals surface area contributed by atoms with E-state index in [2.05, 4.69) is 31.1 Å². The van der Waals surface area contributed by atoms with Gasteiger partial charge in [-0.15, -0.1) is 0 Å². The van der Waals surface area contributed by atoms with E-state index >= 15 is 0 Å². The largest absolute Gasteiger partial charge is 0.382 e. The van der Waals surface area contributed by atoms with E-state index in [0.717, 1.165) is 19.7 Å². The van der Waals surface area contributed by atoms with Crippen molar-refractivity contribution >= 4 is 0 Å². The number of nitrogens with one attached hydrogen (secondary N) is 1. The van der Waals surface area contributed by atoms with Crippen LogP contribution in [0.3, 0.4) is 0 Å². The molecule has 4 nitrogen and oxygen atoms in total. The normalized spacial score (nSPS) is 11.6. The number of unbranched alkanes of at least 4 members (excludes halogenated alkanes) is 1. The molecule has 0 bridgehead atoms. The molecule has 0 aliphatic heterocycles. The fraction of sp³-hybridized carbons (Fsp3) is 1.00. The highest BCUT2D eigenvalue weighted by Gasteiger charge is 2.01. The Hall–Kier alpha value is -0.160. The molecule has 0 aromatic heterocycles. The average molecular weight is 246 g/mol. The van der Waals surface area contributed by atoms with E-state index in [0.29, 0.717) is 19.3 Å². The van der Waals surface area contributed by atoms with Crippen molar-refractivity contribution < 1.29 is 9.47 Å². The van der Waals surface area contributed by atoms with Gasteiger partial charge in [-0.25, -0.2) is 0 Å². The third-order valence-corrected chi connectivity index (χ3v) is 2.85. The number of hydrogen-bond donors (Lipinski definition) is 1. The summed E-state index contributed by atoms with van der Waals surface area (Å²) >= 11 is 0. The molecule has 0 saturated carbocycles. The van der Waals surface area contributed by atoms with Crippen LogP contribution in [0, 0.1) is 0 Å². The van der Waals surface area contributed by atoms with Gasteiger partial charge in [-0.2, -0.15) is 0 Å². The Kier molecular flexibility index (Phi) is 12.2. The second-order valence-electron chi connectivity index (χ2n) is 4.64. The van der Waals surface area contributed by atoms with Gasteiger partial charge in [0.05, 0.1) is 19.8 Å². The van der Waals surface area contributed by atoms with Gasteiger partial charge >= 0.3 is 0 Å². The molecule has 17 heavy (non-hydrogen) atoms. The smallest absolute Gasteiger partial charge is 0.0700 e. The van der Waals surface area contributed by atoms with Crippen LogP contribution in [-0.4, -0.2) is 64.6 Å². The minimum absolute atomic E-state index is 0.650. The van der Waals surface area contributed by atoms with Gasteiger partial charge in [-0.05, 0) is 46.8 Å². The molecule has 0 heterocycles. The predicted octanol–water partition coefficient (Wildman–Crippen LogP) is 1.36. The van der Waals surface area contributed by atoms with Crippen molar-refractivity contribution in [3.8, 4) is 0 Å². The average Bonchev–Trinajstić information content (AvgIpc) is 2.31. The predicted molar refractivity (Wildman–Crippen MR) is 72.6 cm³/mol. The topological polar surface area (TPSA) is 33.7 Å². The Bertz CT molecular complexity index is 154. The summed E-state index contributed by atoms with van der Waals surface area (Å²) in [6.45, 7) is 9.81. The molecule has 4 heteroatoms. The van der Waals surface area contributed by atoms with Crippen molar-refractivity contribution in [2.45, 2.75) is 32.7 Å². The molecule has 0 spiro atoms. The van der Waals surface area contributed by atoms with Gasteiger partial charge in [-0.3, -0.25) is 0 Å². The van der Waals surface area contributed by atoms with E-state index in [1.165, 1.54) is 19.4 Å². The summed E-state index contributed by atoms with van der Waals surface area (Å²) in [6, 6.07) is 0.650. The zero-order chi connectivity index (χ0) is 12.9. The van der Waals surface area contributed by atoms with E-state index in [4.69, 9.17) is 9.47 Å². The zero-order valence-corrected chi connectivity index (χ0v) is 12.0. The van der Waals surface area contributed by atoms with Crippen LogP contribution in [0.2, 0.25) is 0 Å². The van der Waals surface area contributed by atoms with E-state index < -0.39 is 0 Å².